The summed E-state index contributed by atoms with van der Waals surface area (Å²) in [6.07, 6.45) is 0. The van der Waals surface area contributed by atoms with E-state index >= 15 is 0 Å². The number of rotatable bonds is 2. The van der Waals surface area contributed by atoms with Crippen LogP contribution in [0.4, 0.5) is 0 Å². The average molecular weight is 314 g/mol. The van der Waals surface area contributed by atoms with Crippen molar-refractivity contribution < 1.29 is 4.79 Å². The van der Waals surface area contributed by atoms with E-state index in [4.69, 9.17) is 46.4 Å². The Hall–Kier alpha value is -1.61. The maximum Gasteiger partial charge on any atom is 0.257 e. The highest BCUT2D eigenvalue weighted by atomic mass is 35.5. The van der Waals surface area contributed by atoms with Crippen LogP contribution in [0.3, 0.4) is 0 Å². The van der Waals surface area contributed by atoms with E-state index in [0.717, 1.165) is 0 Å². The second-order valence-electron chi connectivity index (χ2n) is 3.58. The predicted octanol–water partition coefficient (Wildman–Crippen LogP) is 2.81. The van der Waals surface area contributed by atoms with Gasteiger partial charge in [0.1, 0.15) is 16.6 Å². The molecule has 0 heterocycles. The third-order valence-electron chi connectivity index (χ3n) is 2.13. The Balaban J connectivity index is 2.99. The molecule has 0 spiro atoms. The molecular formula is C12H9Cl2N3OS. The number of nitriles is 1. The fraction of sp³-hybridized carbons (Fsp3) is 0.0833. The van der Waals surface area contributed by atoms with Crippen molar-refractivity contribution in [3.05, 3.63) is 45.1 Å². The van der Waals surface area contributed by atoms with Crippen LogP contribution >= 0.6 is 35.4 Å². The van der Waals surface area contributed by atoms with Crippen molar-refractivity contribution in [2.45, 2.75) is 6.92 Å². The number of hydrogen-bond acceptors (Lipinski definition) is 4. The van der Waals surface area contributed by atoms with E-state index in [1.807, 2.05) is 6.07 Å². The Morgan fingerprint density at radius 1 is 1.47 bits per heavy atom. The van der Waals surface area contributed by atoms with Gasteiger partial charge in [-0.05, 0) is 25.1 Å². The van der Waals surface area contributed by atoms with E-state index < -0.39 is 5.91 Å². The molecule has 0 bridgehead atoms. The number of hydrogen-bond donors (Lipinski definition) is 2. The monoisotopic (exact) mass is 313 g/mol. The summed E-state index contributed by atoms with van der Waals surface area (Å²) in [6.45, 7) is 1.52. The summed E-state index contributed by atoms with van der Waals surface area (Å²) in [6, 6.07) is 6.29. The molecule has 19 heavy (non-hydrogen) atoms. The fourth-order valence-electron chi connectivity index (χ4n) is 1.22. The molecule has 0 saturated heterocycles. The summed E-state index contributed by atoms with van der Waals surface area (Å²) in [5, 5.41) is 11.9. The first-order valence-corrected chi connectivity index (χ1v) is 6.20. The average Bonchev–Trinajstić information content (AvgIpc) is 2.32. The van der Waals surface area contributed by atoms with E-state index in [2.05, 4.69) is 5.32 Å². The second-order valence-corrected chi connectivity index (χ2v) is 4.83. The lowest BCUT2D eigenvalue weighted by atomic mass is 10.2. The quantitative estimate of drug-likeness (QED) is 0.500. The molecule has 7 heteroatoms. The summed E-state index contributed by atoms with van der Waals surface area (Å²) in [5.74, 6) is -0.550. The molecule has 1 aromatic carbocycles. The molecule has 1 aromatic rings. The standard InChI is InChI=1S/C12H9Cl2N3OS/c1-6(16)9(5-15)12(19)17-11(18)8-4-7(13)2-3-10(8)14/h2-4H,16H2,1H3,(H,17,18,19)/b9-6-. The summed E-state index contributed by atoms with van der Waals surface area (Å²) in [7, 11) is 0. The zero-order chi connectivity index (χ0) is 14.6. The van der Waals surface area contributed by atoms with E-state index in [9.17, 15) is 4.79 Å². The molecule has 1 amide bonds. The van der Waals surface area contributed by atoms with Gasteiger partial charge in [0.15, 0.2) is 0 Å². The van der Waals surface area contributed by atoms with Crippen molar-refractivity contribution >= 4 is 46.3 Å². The molecule has 0 fully saturated rings. The first-order chi connectivity index (χ1) is 8.86. The van der Waals surface area contributed by atoms with Crippen LogP contribution in [-0.2, 0) is 0 Å². The van der Waals surface area contributed by atoms with Gasteiger partial charge in [-0.15, -0.1) is 0 Å². The molecule has 0 atom stereocenters. The van der Waals surface area contributed by atoms with Gasteiger partial charge in [-0.1, -0.05) is 35.4 Å². The van der Waals surface area contributed by atoms with E-state index in [1.165, 1.54) is 19.1 Å². The van der Waals surface area contributed by atoms with Gasteiger partial charge < -0.3 is 11.1 Å². The molecule has 0 saturated carbocycles. The lowest BCUT2D eigenvalue weighted by Crippen LogP contribution is -2.31. The van der Waals surface area contributed by atoms with E-state index in [-0.39, 0.29) is 26.8 Å². The van der Waals surface area contributed by atoms with E-state index in [0.29, 0.717) is 5.02 Å². The lowest BCUT2D eigenvalue weighted by Gasteiger charge is -2.08. The molecular weight excluding hydrogens is 305 g/mol. The van der Waals surface area contributed by atoms with E-state index in [1.54, 1.807) is 6.07 Å². The molecule has 0 aromatic heterocycles. The number of nitrogens with one attached hydrogen (secondary N) is 1. The van der Waals surface area contributed by atoms with Crippen molar-refractivity contribution in [1.29, 1.82) is 5.26 Å². The first-order valence-electron chi connectivity index (χ1n) is 5.04. The number of nitrogens with zero attached hydrogens (tertiary/aromatic N) is 1. The highest BCUT2D eigenvalue weighted by Gasteiger charge is 2.15. The topological polar surface area (TPSA) is 78.9 Å². The number of benzene rings is 1. The highest BCUT2D eigenvalue weighted by Crippen LogP contribution is 2.20. The van der Waals surface area contributed by atoms with Gasteiger partial charge in [-0.25, -0.2) is 0 Å². The zero-order valence-corrected chi connectivity index (χ0v) is 12.2. The highest BCUT2D eigenvalue weighted by molar-refractivity contribution is 7.80. The molecule has 0 unspecified atom stereocenters. The molecule has 0 aliphatic carbocycles. The van der Waals surface area contributed by atoms with Crippen molar-refractivity contribution in [2.24, 2.45) is 5.73 Å². The van der Waals surface area contributed by atoms with Crippen LogP contribution in [0.2, 0.25) is 10.0 Å². The van der Waals surface area contributed by atoms with Crippen LogP contribution in [0.1, 0.15) is 17.3 Å². The number of amides is 1. The minimum atomic E-state index is -0.550. The number of thiocarbonyl (C=S) groups is 1. The summed E-state index contributed by atoms with van der Waals surface area (Å²) in [5.41, 5.74) is 5.93. The van der Waals surface area contributed by atoms with Crippen LogP contribution in [-0.4, -0.2) is 10.9 Å². The number of carbonyl (C=O) groups excluding carboxylic acids is 1. The third kappa shape index (κ3) is 3.93. The minimum Gasteiger partial charge on any atom is -0.401 e. The van der Waals surface area contributed by atoms with Gasteiger partial charge in [0.2, 0.25) is 0 Å². The number of nitrogens with two attached hydrogens (primary N) is 1. The van der Waals surface area contributed by atoms with Crippen LogP contribution in [0.15, 0.2) is 29.5 Å². The number of allylic oxidation sites excluding steroid dienone is 1. The van der Waals surface area contributed by atoms with Gasteiger partial charge >= 0.3 is 0 Å². The van der Waals surface area contributed by atoms with Crippen molar-refractivity contribution in [1.82, 2.24) is 5.32 Å². The Morgan fingerprint density at radius 3 is 2.63 bits per heavy atom. The number of halogens is 2. The van der Waals surface area contributed by atoms with Gasteiger partial charge in [0.25, 0.3) is 5.91 Å². The smallest absolute Gasteiger partial charge is 0.257 e. The van der Waals surface area contributed by atoms with Gasteiger partial charge in [0.05, 0.1) is 10.6 Å². The lowest BCUT2D eigenvalue weighted by molar-refractivity contribution is 0.0978. The maximum atomic E-state index is 12.0. The molecule has 1 rings (SSSR count). The summed E-state index contributed by atoms with van der Waals surface area (Å²) < 4.78 is 0. The Kier molecular flexibility index (Phi) is 5.31. The van der Waals surface area contributed by atoms with Gasteiger partial charge in [-0.3, -0.25) is 4.79 Å². The predicted molar refractivity (Wildman–Crippen MR) is 79.0 cm³/mol. The Bertz CT molecular complexity index is 616. The summed E-state index contributed by atoms with van der Waals surface area (Å²) in [4.78, 5) is 11.9. The molecule has 0 aliphatic rings. The minimum absolute atomic E-state index is 0.0431. The normalized spacial score (nSPS) is 11.3. The zero-order valence-electron chi connectivity index (χ0n) is 9.83. The molecule has 98 valence electrons. The maximum absolute atomic E-state index is 12.0. The van der Waals surface area contributed by atoms with Crippen molar-refractivity contribution in [3.63, 3.8) is 0 Å². The van der Waals surface area contributed by atoms with Crippen LogP contribution < -0.4 is 11.1 Å². The summed E-state index contributed by atoms with van der Waals surface area (Å²) >= 11 is 16.6. The Morgan fingerprint density at radius 2 is 2.11 bits per heavy atom. The van der Waals surface area contributed by atoms with Crippen LogP contribution in [0.25, 0.3) is 0 Å². The van der Waals surface area contributed by atoms with Gasteiger partial charge in [0, 0.05) is 10.7 Å². The van der Waals surface area contributed by atoms with Crippen LogP contribution in [0.5, 0.6) is 0 Å². The Labute approximate surface area is 125 Å². The first kappa shape index (κ1) is 15.4. The van der Waals surface area contributed by atoms with Crippen molar-refractivity contribution in [3.8, 4) is 6.07 Å². The fourth-order valence-corrected chi connectivity index (χ4v) is 1.90. The number of carbonyl (C=O) groups is 1. The third-order valence-corrected chi connectivity index (χ3v) is 3.00. The molecule has 3 N–H and O–H groups in total. The second kappa shape index (κ2) is 6.53. The molecule has 4 nitrogen and oxygen atoms in total. The van der Waals surface area contributed by atoms with Crippen LogP contribution in [0, 0.1) is 11.3 Å². The molecule has 0 radical (unpaired) electrons. The SMILES string of the molecule is C/C(N)=C(\C#N)C(=S)NC(=O)c1cc(Cl)ccc1Cl. The van der Waals surface area contributed by atoms with Gasteiger partial charge in [-0.2, -0.15) is 5.26 Å². The largest absolute Gasteiger partial charge is 0.401 e. The van der Waals surface area contributed by atoms with Crippen molar-refractivity contribution in [2.75, 3.05) is 0 Å². The molecule has 0 aliphatic heterocycles.